The minimum absolute atomic E-state index is 0.0794. The second kappa shape index (κ2) is 7.38. The molecule has 0 radical (unpaired) electrons. The second-order valence-corrected chi connectivity index (χ2v) is 7.95. The van der Waals surface area contributed by atoms with Crippen LogP contribution in [0, 0.1) is 5.82 Å². The minimum Gasteiger partial charge on any atom is -0.495 e. The first-order chi connectivity index (χ1) is 12.0. The summed E-state index contributed by atoms with van der Waals surface area (Å²) in [5.41, 5.74) is 0. The van der Waals surface area contributed by atoms with Gasteiger partial charge in [0.15, 0.2) is 0 Å². The zero-order chi connectivity index (χ0) is 17.9. The lowest BCUT2D eigenvalue weighted by Gasteiger charge is -2.15. The van der Waals surface area contributed by atoms with E-state index in [0.29, 0.717) is 5.76 Å². The third-order valence-electron chi connectivity index (χ3n) is 3.67. The van der Waals surface area contributed by atoms with Gasteiger partial charge in [-0.2, -0.15) is 0 Å². The molecule has 0 unspecified atom stereocenters. The first-order valence-electron chi connectivity index (χ1n) is 7.41. The average molecular weight is 381 g/mol. The summed E-state index contributed by atoms with van der Waals surface area (Å²) in [5.74, 6) is -0.192. The zero-order valence-electron chi connectivity index (χ0n) is 13.3. The summed E-state index contributed by atoms with van der Waals surface area (Å²) >= 11 is 1.51. The lowest BCUT2D eigenvalue weighted by atomic mass is 10.1. The summed E-state index contributed by atoms with van der Waals surface area (Å²) in [5, 5.41) is 1.91. The highest BCUT2D eigenvalue weighted by molar-refractivity contribution is 7.89. The number of hydrogen-bond acceptors (Lipinski definition) is 5. The van der Waals surface area contributed by atoms with Crippen LogP contribution in [0.2, 0.25) is 0 Å². The molecule has 25 heavy (non-hydrogen) atoms. The van der Waals surface area contributed by atoms with E-state index in [2.05, 4.69) is 4.72 Å². The normalized spacial score (nSPS) is 12.9. The fourth-order valence-corrected chi connectivity index (χ4v) is 4.51. The summed E-state index contributed by atoms with van der Waals surface area (Å²) in [6.45, 7) is 0.0794. The van der Waals surface area contributed by atoms with E-state index in [0.717, 1.165) is 17.0 Å². The minimum atomic E-state index is -3.95. The highest BCUT2D eigenvalue weighted by Crippen LogP contribution is 2.29. The molecule has 0 aliphatic rings. The van der Waals surface area contributed by atoms with Crippen LogP contribution < -0.4 is 9.46 Å². The number of sulfonamides is 1. The van der Waals surface area contributed by atoms with Crippen molar-refractivity contribution in [1.29, 1.82) is 0 Å². The number of hydrogen-bond donors (Lipinski definition) is 1. The molecule has 0 bridgehead atoms. The lowest BCUT2D eigenvalue weighted by Crippen LogP contribution is -2.29. The number of rotatable bonds is 7. The standard InChI is InChI=1S/C17H16FNO4S2/c1-22-15-7-6-12(18)10-17(15)25(20,21)19-11-13(14-4-2-8-23-14)16-5-3-9-24-16/h2-10,13,19H,11H2,1H3/t13-/m0/s1. The van der Waals surface area contributed by atoms with Crippen LogP contribution in [-0.2, 0) is 10.0 Å². The fourth-order valence-electron chi connectivity index (χ4n) is 2.45. The van der Waals surface area contributed by atoms with Gasteiger partial charge in [0, 0.05) is 11.4 Å². The second-order valence-electron chi connectivity index (χ2n) is 5.23. The van der Waals surface area contributed by atoms with Gasteiger partial charge in [-0.15, -0.1) is 11.3 Å². The van der Waals surface area contributed by atoms with Crippen molar-refractivity contribution in [1.82, 2.24) is 4.72 Å². The summed E-state index contributed by atoms with van der Waals surface area (Å²) in [4.78, 5) is 0.725. The van der Waals surface area contributed by atoms with Crippen molar-refractivity contribution in [3.8, 4) is 5.75 Å². The highest BCUT2D eigenvalue weighted by Gasteiger charge is 2.24. The Morgan fingerprint density at radius 3 is 2.76 bits per heavy atom. The maximum absolute atomic E-state index is 13.5. The first-order valence-corrected chi connectivity index (χ1v) is 9.77. The molecule has 2 heterocycles. The molecule has 1 atom stereocenters. The van der Waals surface area contributed by atoms with E-state index in [9.17, 15) is 12.8 Å². The zero-order valence-corrected chi connectivity index (χ0v) is 14.9. The van der Waals surface area contributed by atoms with Crippen molar-refractivity contribution in [2.45, 2.75) is 10.8 Å². The average Bonchev–Trinajstić information content (AvgIpc) is 3.29. The van der Waals surface area contributed by atoms with Gasteiger partial charge in [0.2, 0.25) is 10.0 Å². The number of halogens is 1. The molecule has 0 aliphatic carbocycles. The maximum Gasteiger partial charge on any atom is 0.244 e. The van der Waals surface area contributed by atoms with E-state index in [4.69, 9.17) is 9.15 Å². The van der Waals surface area contributed by atoms with Crippen molar-refractivity contribution in [2.75, 3.05) is 13.7 Å². The SMILES string of the molecule is COc1ccc(F)cc1S(=O)(=O)NC[C@@H](c1ccco1)c1cccs1. The van der Waals surface area contributed by atoms with Gasteiger partial charge in [-0.05, 0) is 41.8 Å². The third kappa shape index (κ3) is 3.92. The van der Waals surface area contributed by atoms with Crippen molar-refractivity contribution in [2.24, 2.45) is 0 Å². The Hall–Kier alpha value is -2.16. The largest absolute Gasteiger partial charge is 0.495 e. The van der Waals surface area contributed by atoms with Gasteiger partial charge in [0.25, 0.3) is 0 Å². The van der Waals surface area contributed by atoms with Crippen LogP contribution in [0.25, 0.3) is 0 Å². The Labute approximate surface area is 149 Å². The number of nitrogens with one attached hydrogen (secondary N) is 1. The van der Waals surface area contributed by atoms with Crippen molar-refractivity contribution in [3.05, 3.63) is 70.6 Å². The summed E-state index contributed by atoms with van der Waals surface area (Å²) in [6.07, 6.45) is 1.54. The molecule has 5 nitrogen and oxygen atoms in total. The van der Waals surface area contributed by atoms with Crippen LogP contribution in [0.15, 0.2) is 63.4 Å². The highest BCUT2D eigenvalue weighted by atomic mass is 32.2. The molecule has 0 saturated heterocycles. The Bertz CT molecular complexity index is 887. The number of methoxy groups -OCH3 is 1. The van der Waals surface area contributed by atoms with Crippen molar-refractivity contribution in [3.63, 3.8) is 0 Å². The molecule has 1 N–H and O–H groups in total. The van der Waals surface area contributed by atoms with Crippen LogP contribution in [0.4, 0.5) is 4.39 Å². The number of ether oxygens (including phenoxy) is 1. The predicted octanol–water partition coefficient (Wildman–Crippen LogP) is 3.60. The van der Waals surface area contributed by atoms with Gasteiger partial charge in [-0.25, -0.2) is 17.5 Å². The van der Waals surface area contributed by atoms with Crippen LogP contribution in [0.1, 0.15) is 16.6 Å². The molecular formula is C17H16FNO4S2. The topological polar surface area (TPSA) is 68.5 Å². The van der Waals surface area contributed by atoms with Crippen LogP contribution in [-0.4, -0.2) is 22.1 Å². The first kappa shape index (κ1) is 17.7. The number of benzene rings is 1. The number of furan rings is 1. The van der Waals surface area contributed by atoms with E-state index >= 15 is 0 Å². The Morgan fingerprint density at radius 2 is 2.12 bits per heavy atom. The molecule has 0 spiro atoms. The van der Waals surface area contributed by atoms with Crippen LogP contribution in [0.3, 0.4) is 0 Å². The van der Waals surface area contributed by atoms with Crippen LogP contribution >= 0.6 is 11.3 Å². The van der Waals surface area contributed by atoms with E-state index in [-0.39, 0.29) is 23.1 Å². The monoisotopic (exact) mass is 381 g/mol. The van der Waals surface area contributed by atoms with Gasteiger partial charge in [-0.1, -0.05) is 6.07 Å². The van der Waals surface area contributed by atoms with E-state index in [1.165, 1.54) is 24.5 Å². The van der Waals surface area contributed by atoms with E-state index in [1.54, 1.807) is 18.4 Å². The number of thiophene rings is 1. The van der Waals surface area contributed by atoms with Crippen LogP contribution in [0.5, 0.6) is 5.75 Å². The Kier molecular flexibility index (Phi) is 5.22. The molecule has 8 heteroatoms. The smallest absolute Gasteiger partial charge is 0.244 e. The molecule has 0 amide bonds. The molecule has 132 valence electrons. The van der Waals surface area contributed by atoms with Crippen molar-refractivity contribution < 1.29 is 22.0 Å². The summed E-state index contributed by atoms with van der Waals surface area (Å²) in [6, 6.07) is 10.7. The van der Waals surface area contributed by atoms with E-state index in [1.807, 2.05) is 17.5 Å². The molecular weight excluding hydrogens is 365 g/mol. The molecule has 0 aliphatic heterocycles. The van der Waals surface area contributed by atoms with Gasteiger partial charge in [0.05, 0.1) is 19.3 Å². The van der Waals surface area contributed by atoms with Gasteiger partial charge in [0.1, 0.15) is 22.2 Å². The van der Waals surface area contributed by atoms with Gasteiger partial charge < -0.3 is 9.15 Å². The molecule has 3 rings (SSSR count). The van der Waals surface area contributed by atoms with Gasteiger partial charge in [-0.3, -0.25) is 0 Å². The molecule has 0 saturated carbocycles. The maximum atomic E-state index is 13.5. The fraction of sp³-hybridized carbons (Fsp3) is 0.176. The van der Waals surface area contributed by atoms with E-state index < -0.39 is 15.8 Å². The third-order valence-corrected chi connectivity index (χ3v) is 6.10. The summed E-state index contributed by atoms with van der Waals surface area (Å²) in [7, 11) is -2.62. The molecule has 3 aromatic rings. The summed E-state index contributed by atoms with van der Waals surface area (Å²) < 4.78 is 51.7. The molecule has 1 aromatic carbocycles. The van der Waals surface area contributed by atoms with Crippen molar-refractivity contribution >= 4 is 21.4 Å². The molecule has 0 fully saturated rings. The molecule has 2 aromatic heterocycles. The Balaban J connectivity index is 1.87. The Morgan fingerprint density at radius 1 is 1.28 bits per heavy atom. The van der Waals surface area contributed by atoms with Gasteiger partial charge >= 0.3 is 0 Å². The quantitative estimate of drug-likeness (QED) is 0.679. The lowest BCUT2D eigenvalue weighted by molar-refractivity contribution is 0.400. The predicted molar refractivity (Wildman–Crippen MR) is 93.0 cm³/mol.